The molecule has 0 unspecified atom stereocenters. The first-order valence-corrected chi connectivity index (χ1v) is 6.49. The molecule has 0 saturated carbocycles. The van der Waals surface area contributed by atoms with Crippen molar-refractivity contribution >= 4 is 11.9 Å². The molecule has 0 fully saturated rings. The molecule has 4 nitrogen and oxygen atoms in total. The van der Waals surface area contributed by atoms with Crippen molar-refractivity contribution in [1.82, 2.24) is 5.32 Å². The predicted molar refractivity (Wildman–Crippen MR) is 67.8 cm³/mol. The van der Waals surface area contributed by atoms with Crippen LogP contribution in [0.3, 0.4) is 0 Å². The minimum absolute atomic E-state index is 0.164. The van der Waals surface area contributed by atoms with Gasteiger partial charge in [0.2, 0.25) is 5.91 Å². The summed E-state index contributed by atoms with van der Waals surface area (Å²) in [5.41, 5.74) is 0. The first-order chi connectivity index (χ1) is 7.97. The van der Waals surface area contributed by atoms with Gasteiger partial charge in [-0.2, -0.15) is 0 Å². The van der Waals surface area contributed by atoms with Gasteiger partial charge in [-0.05, 0) is 12.3 Å². The van der Waals surface area contributed by atoms with Crippen molar-refractivity contribution in [2.24, 2.45) is 5.92 Å². The van der Waals surface area contributed by atoms with E-state index >= 15 is 0 Å². The van der Waals surface area contributed by atoms with E-state index in [1.807, 2.05) is 13.8 Å². The van der Waals surface area contributed by atoms with Gasteiger partial charge in [0.1, 0.15) is 6.04 Å². The Morgan fingerprint density at radius 3 is 2.29 bits per heavy atom. The maximum absolute atomic E-state index is 11.5. The van der Waals surface area contributed by atoms with Crippen LogP contribution < -0.4 is 5.32 Å². The molecule has 0 spiro atoms. The number of rotatable bonds is 9. The van der Waals surface area contributed by atoms with Gasteiger partial charge in [0.05, 0.1) is 0 Å². The summed E-state index contributed by atoms with van der Waals surface area (Å²) in [6, 6.07) is -0.724. The third-order valence-electron chi connectivity index (χ3n) is 2.57. The molecule has 0 aliphatic carbocycles. The first kappa shape index (κ1) is 15.9. The van der Waals surface area contributed by atoms with Crippen LogP contribution in [-0.2, 0) is 9.59 Å². The van der Waals surface area contributed by atoms with E-state index in [1.165, 1.54) is 0 Å². The summed E-state index contributed by atoms with van der Waals surface area (Å²) in [7, 11) is 0. The van der Waals surface area contributed by atoms with Gasteiger partial charge in [0.15, 0.2) is 0 Å². The van der Waals surface area contributed by atoms with Crippen molar-refractivity contribution in [3.8, 4) is 0 Å². The summed E-state index contributed by atoms with van der Waals surface area (Å²) < 4.78 is 0. The van der Waals surface area contributed by atoms with E-state index in [0.29, 0.717) is 12.8 Å². The minimum Gasteiger partial charge on any atom is -0.480 e. The molecule has 0 bridgehead atoms. The second-order valence-electron chi connectivity index (χ2n) is 4.91. The van der Waals surface area contributed by atoms with Crippen LogP contribution in [0.4, 0.5) is 0 Å². The van der Waals surface area contributed by atoms with Crippen LogP contribution in [0.2, 0.25) is 0 Å². The molecule has 0 aliphatic heterocycles. The fraction of sp³-hybridized carbons (Fsp3) is 0.846. The molecule has 0 radical (unpaired) electrons. The van der Waals surface area contributed by atoms with E-state index in [1.54, 1.807) is 0 Å². The van der Waals surface area contributed by atoms with Gasteiger partial charge in [-0.1, -0.05) is 46.5 Å². The molecule has 0 aromatic rings. The zero-order chi connectivity index (χ0) is 13.3. The van der Waals surface area contributed by atoms with E-state index in [2.05, 4.69) is 12.2 Å². The largest absolute Gasteiger partial charge is 0.480 e. The lowest BCUT2D eigenvalue weighted by Crippen LogP contribution is -2.41. The Labute approximate surface area is 104 Å². The molecule has 17 heavy (non-hydrogen) atoms. The van der Waals surface area contributed by atoms with Crippen LogP contribution in [0.1, 0.15) is 59.3 Å². The van der Waals surface area contributed by atoms with E-state index in [-0.39, 0.29) is 11.8 Å². The van der Waals surface area contributed by atoms with Crippen molar-refractivity contribution in [2.75, 3.05) is 0 Å². The molecule has 0 aromatic heterocycles. The number of carboxylic acids is 1. The number of carbonyl (C=O) groups excluding carboxylic acids is 1. The fourth-order valence-corrected chi connectivity index (χ4v) is 1.66. The predicted octanol–water partition coefficient (Wildman–Crippen LogP) is 2.57. The Balaban J connectivity index is 3.98. The van der Waals surface area contributed by atoms with Crippen LogP contribution in [-0.4, -0.2) is 23.0 Å². The Hall–Kier alpha value is -1.06. The molecule has 2 N–H and O–H groups in total. The SMILES string of the molecule is CCCCCC[C@@H](NC(=O)CC(C)C)C(=O)O. The molecular weight excluding hydrogens is 218 g/mol. The van der Waals surface area contributed by atoms with Crippen LogP contribution >= 0.6 is 0 Å². The van der Waals surface area contributed by atoms with Gasteiger partial charge in [0, 0.05) is 6.42 Å². The van der Waals surface area contributed by atoms with Gasteiger partial charge < -0.3 is 10.4 Å². The van der Waals surface area contributed by atoms with Gasteiger partial charge in [-0.25, -0.2) is 4.79 Å². The molecule has 100 valence electrons. The molecule has 1 atom stereocenters. The van der Waals surface area contributed by atoms with Crippen molar-refractivity contribution in [3.05, 3.63) is 0 Å². The lowest BCUT2D eigenvalue weighted by molar-refractivity contribution is -0.142. The molecule has 1 amide bonds. The molecule has 0 aromatic carbocycles. The lowest BCUT2D eigenvalue weighted by Gasteiger charge is -2.15. The molecule has 0 rings (SSSR count). The van der Waals surface area contributed by atoms with Gasteiger partial charge in [0.25, 0.3) is 0 Å². The summed E-state index contributed by atoms with van der Waals surface area (Å²) in [6.07, 6.45) is 5.04. The van der Waals surface area contributed by atoms with Gasteiger partial charge in [-0.3, -0.25) is 4.79 Å². The number of hydrogen-bond acceptors (Lipinski definition) is 2. The number of carbonyl (C=O) groups is 2. The summed E-state index contributed by atoms with van der Waals surface area (Å²) in [6.45, 7) is 5.99. The molecule has 4 heteroatoms. The number of hydrogen-bond donors (Lipinski definition) is 2. The second kappa shape index (κ2) is 9.02. The van der Waals surface area contributed by atoms with Crippen molar-refractivity contribution in [3.63, 3.8) is 0 Å². The zero-order valence-electron chi connectivity index (χ0n) is 11.2. The molecule has 0 heterocycles. The monoisotopic (exact) mass is 243 g/mol. The summed E-state index contributed by atoms with van der Waals surface area (Å²) >= 11 is 0. The molecular formula is C13H25NO3. The third-order valence-corrected chi connectivity index (χ3v) is 2.57. The third kappa shape index (κ3) is 8.72. The topological polar surface area (TPSA) is 66.4 Å². The highest BCUT2D eigenvalue weighted by Gasteiger charge is 2.19. The highest BCUT2D eigenvalue weighted by molar-refractivity contribution is 5.83. The highest BCUT2D eigenvalue weighted by atomic mass is 16.4. The summed E-state index contributed by atoms with van der Waals surface area (Å²) in [4.78, 5) is 22.5. The number of amides is 1. The van der Waals surface area contributed by atoms with Gasteiger partial charge >= 0.3 is 5.97 Å². The Kier molecular flexibility index (Phi) is 8.46. The summed E-state index contributed by atoms with van der Waals surface area (Å²) in [5, 5.41) is 11.6. The lowest BCUT2D eigenvalue weighted by atomic mass is 10.1. The average Bonchev–Trinajstić information content (AvgIpc) is 2.21. The van der Waals surface area contributed by atoms with E-state index in [0.717, 1.165) is 25.7 Å². The number of carboxylic acid groups (broad SMARTS) is 1. The van der Waals surface area contributed by atoms with Crippen molar-refractivity contribution < 1.29 is 14.7 Å². The zero-order valence-corrected chi connectivity index (χ0v) is 11.2. The van der Waals surface area contributed by atoms with Crippen LogP contribution in [0.25, 0.3) is 0 Å². The minimum atomic E-state index is -0.932. The van der Waals surface area contributed by atoms with Crippen LogP contribution in [0.15, 0.2) is 0 Å². The first-order valence-electron chi connectivity index (χ1n) is 6.49. The Bertz CT molecular complexity index is 239. The van der Waals surface area contributed by atoms with E-state index in [4.69, 9.17) is 5.11 Å². The Morgan fingerprint density at radius 2 is 1.82 bits per heavy atom. The molecule has 0 aliphatic rings. The average molecular weight is 243 g/mol. The van der Waals surface area contributed by atoms with Crippen molar-refractivity contribution in [2.45, 2.75) is 65.3 Å². The number of aliphatic carboxylic acids is 1. The maximum atomic E-state index is 11.5. The second-order valence-corrected chi connectivity index (χ2v) is 4.91. The van der Waals surface area contributed by atoms with Crippen molar-refractivity contribution in [1.29, 1.82) is 0 Å². The normalized spacial score (nSPS) is 12.5. The van der Waals surface area contributed by atoms with Gasteiger partial charge in [-0.15, -0.1) is 0 Å². The van der Waals surface area contributed by atoms with Crippen LogP contribution in [0, 0.1) is 5.92 Å². The van der Waals surface area contributed by atoms with Crippen LogP contribution in [0.5, 0.6) is 0 Å². The standard InChI is InChI=1S/C13H25NO3/c1-4-5-6-7-8-11(13(16)17)14-12(15)9-10(2)3/h10-11H,4-9H2,1-3H3,(H,14,15)(H,16,17)/t11-/m1/s1. The Morgan fingerprint density at radius 1 is 1.18 bits per heavy atom. The molecule has 0 saturated heterocycles. The maximum Gasteiger partial charge on any atom is 0.326 e. The summed E-state index contributed by atoms with van der Waals surface area (Å²) in [5.74, 6) is -0.842. The number of nitrogens with one attached hydrogen (secondary N) is 1. The highest BCUT2D eigenvalue weighted by Crippen LogP contribution is 2.07. The quantitative estimate of drug-likeness (QED) is 0.612. The number of unbranched alkanes of at least 4 members (excludes halogenated alkanes) is 3. The smallest absolute Gasteiger partial charge is 0.326 e. The fourth-order valence-electron chi connectivity index (χ4n) is 1.66. The van der Waals surface area contributed by atoms with E-state index < -0.39 is 12.0 Å². The van der Waals surface area contributed by atoms with E-state index in [9.17, 15) is 9.59 Å².